The molecule has 7 heteroatoms. The molecule has 25 heavy (non-hydrogen) atoms. The van der Waals surface area contributed by atoms with Crippen molar-refractivity contribution in [2.75, 3.05) is 30.1 Å². The minimum Gasteiger partial charge on any atom is -0.492 e. The van der Waals surface area contributed by atoms with E-state index in [0.717, 1.165) is 31.4 Å². The fraction of sp³-hybridized carbons (Fsp3) is 0.556. The maximum Gasteiger partial charge on any atom is 0.248 e. The van der Waals surface area contributed by atoms with E-state index in [2.05, 4.69) is 5.32 Å². The van der Waals surface area contributed by atoms with Gasteiger partial charge in [0.05, 0.1) is 5.88 Å². The number of hydrogen-bond acceptors (Lipinski definition) is 5. The number of hydrogen-bond donors (Lipinski definition) is 2. The van der Waals surface area contributed by atoms with Crippen LogP contribution < -0.4 is 15.8 Å². The molecule has 0 radical (unpaired) electrons. The standard InChI is InChI=1S/C18H25N3O3S/c19-9-10-24-15-7-5-14(6-8-15)20-17(22)16-11-25-12-21(16)18(23)13-3-1-2-4-13/h5-8,13,16H,1-4,9-12,19H2,(H,20,22). The molecular formula is C18H25N3O3S. The van der Waals surface area contributed by atoms with E-state index in [1.54, 1.807) is 40.9 Å². The maximum atomic E-state index is 12.7. The third kappa shape index (κ3) is 4.46. The quantitative estimate of drug-likeness (QED) is 0.808. The van der Waals surface area contributed by atoms with Gasteiger partial charge in [-0.3, -0.25) is 9.59 Å². The number of nitrogens with zero attached hydrogens (tertiary/aromatic N) is 1. The van der Waals surface area contributed by atoms with Gasteiger partial charge >= 0.3 is 0 Å². The van der Waals surface area contributed by atoms with Gasteiger partial charge in [-0.2, -0.15) is 0 Å². The van der Waals surface area contributed by atoms with Crippen molar-refractivity contribution < 1.29 is 14.3 Å². The van der Waals surface area contributed by atoms with Crippen LogP contribution in [0.2, 0.25) is 0 Å². The summed E-state index contributed by atoms with van der Waals surface area (Å²) in [7, 11) is 0. The van der Waals surface area contributed by atoms with Crippen molar-refractivity contribution in [3.8, 4) is 5.75 Å². The van der Waals surface area contributed by atoms with E-state index in [-0.39, 0.29) is 23.8 Å². The molecule has 1 aromatic carbocycles. The molecule has 0 aromatic heterocycles. The molecule has 0 spiro atoms. The second-order valence-corrected chi connectivity index (χ2v) is 7.46. The van der Waals surface area contributed by atoms with E-state index in [4.69, 9.17) is 10.5 Å². The summed E-state index contributed by atoms with van der Waals surface area (Å²) < 4.78 is 5.43. The summed E-state index contributed by atoms with van der Waals surface area (Å²) in [6.07, 6.45) is 4.15. The Hall–Kier alpha value is -1.73. The minimum atomic E-state index is -0.383. The van der Waals surface area contributed by atoms with E-state index in [1.807, 2.05) is 0 Å². The summed E-state index contributed by atoms with van der Waals surface area (Å²) in [6, 6.07) is 6.82. The molecule has 1 heterocycles. The lowest BCUT2D eigenvalue weighted by Crippen LogP contribution is -2.46. The molecular weight excluding hydrogens is 338 g/mol. The first-order chi connectivity index (χ1) is 12.2. The van der Waals surface area contributed by atoms with Gasteiger partial charge in [0.2, 0.25) is 11.8 Å². The highest BCUT2D eigenvalue weighted by atomic mass is 32.2. The highest BCUT2D eigenvalue weighted by Gasteiger charge is 2.38. The molecule has 2 amide bonds. The molecule has 1 unspecified atom stereocenters. The first-order valence-electron chi connectivity index (χ1n) is 8.81. The number of nitrogens with one attached hydrogen (secondary N) is 1. The van der Waals surface area contributed by atoms with Crippen LogP contribution in [0.5, 0.6) is 5.75 Å². The second-order valence-electron chi connectivity index (χ2n) is 6.46. The predicted molar refractivity (Wildman–Crippen MR) is 99.5 cm³/mol. The summed E-state index contributed by atoms with van der Waals surface area (Å²) in [5.41, 5.74) is 6.11. The SMILES string of the molecule is NCCOc1ccc(NC(=O)C2CSCN2C(=O)C2CCCC2)cc1. The fourth-order valence-corrected chi connectivity index (χ4v) is 4.49. The predicted octanol–water partition coefficient (Wildman–Crippen LogP) is 2.05. The topological polar surface area (TPSA) is 84.7 Å². The Morgan fingerprint density at radius 2 is 1.96 bits per heavy atom. The zero-order chi connectivity index (χ0) is 17.6. The average Bonchev–Trinajstić information content (AvgIpc) is 3.32. The van der Waals surface area contributed by atoms with Gasteiger partial charge in [-0.15, -0.1) is 11.8 Å². The largest absolute Gasteiger partial charge is 0.492 e. The van der Waals surface area contributed by atoms with Gasteiger partial charge < -0.3 is 20.7 Å². The number of ether oxygens (including phenoxy) is 1. The molecule has 6 nitrogen and oxygen atoms in total. The van der Waals surface area contributed by atoms with Gasteiger partial charge in [0.1, 0.15) is 18.4 Å². The Kier molecular flexibility index (Phi) is 6.20. The Morgan fingerprint density at radius 1 is 1.24 bits per heavy atom. The van der Waals surface area contributed by atoms with Crippen molar-refractivity contribution in [3.05, 3.63) is 24.3 Å². The van der Waals surface area contributed by atoms with Gasteiger partial charge in [0.15, 0.2) is 0 Å². The van der Waals surface area contributed by atoms with Crippen LogP contribution in [-0.2, 0) is 9.59 Å². The van der Waals surface area contributed by atoms with Crippen molar-refractivity contribution in [2.45, 2.75) is 31.7 Å². The number of benzene rings is 1. The van der Waals surface area contributed by atoms with Crippen molar-refractivity contribution in [2.24, 2.45) is 11.7 Å². The van der Waals surface area contributed by atoms with Gasteiger partial charge in [0, 0.05) is 23.9 Å². The molecule has 1 saturated heterocycles. The number of nitrogens with two attached hydrogens (primary N) is 1. The third-order valence-electron chi connectivity index (χ3n) is 4.68. The molecule has 3 rings (SSSR count). The lowest BCUT2D eigenvalue weighted by atomic mass is 10.1. The smallest absolute Gasteiger partial charge is 0.248 e. The Balaban J connectivity index is 1.58. The Morgan fingerprint density at radius 3 is 2.64 bits per heavy atom. The van der Waals surface area contributed by atoms with Crippen LogP contribution in [0.15, 0.2) is 24.3 Å². The number of rotatable bonds is 6. The Labute approximate surface area is 152 Å². The molecule has 1 aliphatic carbocycles. The van der Waals surface area contributed by atoms with Gasteiger partial charge in [-0.25, -0.2) is 0 Å². The van der Waals surface area contributed by atoms with Crippen LogP contribution in [0.4, 0.5) is 5.69 Å². The molecule has 1 aliphatic heterocycles. The minimum absolute atomic E-state index is 0.105. The first-order valence-corrected chi connectivity index (χ1v) is 9.96. The van der Waals surface area contributed by atoms with Crippen LogP contribution in [0.3, 0.4) is 0 Å². The molecule has 1 atom stereocenters. The van der Waals surface area contributed by atoms with Crippen molar-refractivity contribution >= 4 is 29.3 Å². The fourth-order valence-electron chi connectivity index (χ4n) is 3.32. The van der Waals surface area contributed by atoms with Crippen LogP contribution in [0, 0.1) is 5.92 Å². The third-order valence-corrected chi connectivity index (χ3v) is 5.69. The molecule has 3 N–H and O–H groups in total. The van der Waals surface area contributed by atoms with Gasteiger partial charge in [0.25, 0.3) is 0 Å². The van der Waals surface area contributed by atoms with E-state index in [1.165, 1.54) is 0 Å². The number of anilines is 1. The highest BCUT2D eigenvalue weighted by molar-refractivity contribution is 7.99. The summed E-state index contributed by atoms with van der Waals surface area (Å²) >= 11 is 1.64. The van der Waals surface area contributed by atoms with Crippen LogP contribution >= 0.6 is 11.8 Å². The first kappa shape index (κ1) is 18.1. The zero-order valence-electron chi connectivity index (χ0n) is 14.3. The van der Waals surface area contributed by atoms with Crippen molar-refractivity contribution in [1.29, 1.82) is 0 Å². The average molecular weight is 363 g/mol. The van der Waals surface area contributed by atoms with E-state index < -0.39 is 0 Å². The van der Waals surface area contributed by atoms with E-state index >= 15 is 0 Å². The Bertz CT molecular complexity index is 602. The monoisotopic (exact) mass is 363 g/mol. The number of carbonyl (C=O) groups is 2. The van der Waals surface area contributed by atoms with Crippen molar-refractivity contribution in [3.63, 3.8) is 0 Å². The highest BCUT2D eigenvalue weighted by Crippen LogP contribution is 2.31. The molecule has 2 aliphatic rings. The van der Waals surface area contributed by atoms with Gasteiger partial charge in [-0.05, 0) is 37.1 Å². The molecule has 1 aromatic rings. The maximum absolute atomic E-state index is 12.7. The lowest BCUT2D eigenvalue weighted by Gasteiger charge is -2.25. The van der Waals surface area contributed by atoms with Crippen LogP contribution in [0.1, 0.15) is 25.7 Å². The normalized spacial score (nSPS) is 20.7. The summed E-state index contributed by atoms with van der Waals surface area (Å²) in [5.74, 6) is 2.12. The summed E-state index contributed by atoms with van der Waals surface area (Å²) in [4.78, 5) is 27.1. The molecule has 2 fully saturated rings. The number of amides is 2. The number of thioether (sulfide) groups is 1. The lowest BCUT2D eigenvalue weighted by molar-refractivity contribution is -0.139. The zero-order valence-corrected chi connectivity index (χ0v) is 15.1. The molecule has 1 saturated carbocycles. The van der Waals surface area contributed by atoms with Crippen molar-refractivity contribution in [1.82, 2.24) is 4.90 Å². The van der Waals surface area contributed by atoms with E-state index in [9.17, 15) is 9.59 Å². The molecule has 136 valence electrons. The van der Waals surface area contributed by atoms with Crippen LogP contribution in [0.25, 0.3) is 0 Å². The molecule has 0 bridgehead atoms. The van der Waals surface area contributed by atoms with Crippen LogP contribution in [-0.4, -0.2) is 47.5 Å². The summed E-state index contributed by atoms with van der Waals surface area (Å²) in [6.45, 7) is 0.923. The van der Waals surface area contributed by atoms with E-state index in [0.29, 0.717) is 30.5 Å². The second kappa shape index (κ2) is 8.58. The van der Waals surface area contributed by atoms with Gasteiger partial charge in [-0.1, -0.05) is 12.8 Å². The number of carbonyl (C=O) groups excluding carboxylic acids is 2. The summed E-state index contributed by atoms with van der Waals surface area (Å²) in [5, 5.41) is 2.92.